The number of hydrogen-bond acceptors (Lipinski definition) is 5. The zero-order valence-electron chi connectivity index (χ0n) is 7.29. The predicted octanol–water partition coefficient (Wildman–Crippen LogP) is -1.37. The first-order chi connectivity index (χ1) is 5.86. The van der Waals surface area contributed by atoms with Gasteiger partial charge in [0.15, 0.2) is 0 Å². The van der Waals surface area contributed by atoms with Crippen molar-refractivity contribution in [3.8, 4) is 0 Å². The number of hydrogen-bond donors (Lipinski definition) is 3. The van der Waals surface area contributed by atoms with Crippen molar-refractivity contribution in [1.82, 2.24) is 5.01 Å². The van der Waals surface area contributed by atoms with E-state index >= 15 is 0 Å². The Kier molecular flexibility index (Phi) is 4.48. The molecule has 0 heterocycles. The second kappa shape index (κ2) is 4.66. The number of carbonyl (C=O) groups is 2. The molecular weight excluding hydrogens is 240 g/mol. The van der Waals surface area contributed by atoms with Gasteiger partial charge < -0.3 is 11.5 Å². The van der Waals surface area contributed by atoms with E-state index < -0.39 is 17.5 Å². The molecule has 76 valence electrons. The zero-order valence-corrected chi connectivity index (χ0v) is 8.87. The largest absolute Gasteiger partial charge is 0.306 e. The standard InChI is InChI=1S/C6H13BrN4O2/c1-2-6(8,9)5(13)11(10)4(12)3-7/h2-3,8-10H2,1H3. The molecule has 0 aromatic heterocycles. The summed E-state index contributed by atoms with van der Waals surface area (Å²) in [6.45, 7) is 1.63. The number of nitrogens with zero attached hydrogens (tertiary/aromatic N) is 1. The van der Waals surface area contributed by atoms with Gasteiger partial charge in [0.2, 0.25) is 0 Å². The molecule has 0 aliphatic heterocycles. The predicted molar refractivity (Wildman–Crippen MR) is 51.2 cm³/mol. The first-order valence-electron chi connectivity index (χ1n) is 3.62. The van der Waals surface area contributed by atoms with Crippen molar-refractivity contribution in [2.45, 2.75) is 19.0 Å². The molecular formula is C6H13BrN4O2. The van der Waals surface area contributed by atoms with E-state index in [0.717, 1.165) is 0 Å². The van der Waals surface area contributed by atoms with Gasteiger partial charge in [-0.25, -0.2) is 10.9 Å². The van der Waals surface area contributed by atoms with Crippen LogP contribution in [-0.4, -0.2) is 27.8 Å². The summed E-state index contributed by atoms with van der Waals surface area (Å²) in [5, 5.41) is 0.382. The van der Waals surface area contributed by atoms with Crippen LogP contribution in [0, 0.1) is 0 Å². The van der Waals surface area contributed by atoms with Crippen LogP contribution in [0.1, 0.15) is 13.3 Å². The summed E-state index contributed by atoms with van der Waals surface area (Å²) in [5.74, 6) is 3.80. The average Bonchev–Trinajstić information content (AvgIpc) is 2.14. The summed E-state index contributed by atoms with van der Waals surface area (Å²) in [6.07, 6.45) is 0.203. The molecule has 0 radical (unpaired) electrons. The minimum atomic E-state index is -1.58. The SMILES string of the molecule is CCC(N)(N)C(=O)N(N)C(=O)CBr. The van der Waals surface area contributed by atoms with Crippen molar-refractivity contribution in [2.24, 2.45) is 17.3 Å². The van der Waals surface area contributed by atoms with E-state index in [1.54, 1.807) is 6.92 Å². The number of amides is 2. The van der Waals surface area contributed by atoms with Crippen LogP contribution in [0.3, 0.4) is 0 Å². The van der Waals surface area contributed by atoms with Crippen molar-refractivity contribution in [3.05, 3.63) is 0 Å². The van der Waals surface area contributed by atoms with Crippen LogP contribution in [-0.2, 0) is 9.59 Å². The summed E-state index contributed by atoms with van der Waals surface area (Å²) in [5.41, 5.74) is 9.21. The monoisotopic (exact) mass is 252 g/mol. The first kappa shape index (κ1) is 12.5. The molecule has 0 aliphatic rings. The van der Waals surface area contributed by atoms with E-state index in [9.17, 15) is 9.59 Å². The number of imide groups is 1. The van der Waals surface area contributed by atoms with Gasteiger partial charge in [-0.05, 0) is 6.42 Å². The summed E-state index contributed by atoms with van der Waals surface area (Å²) >= 11 is 2.87. The maximum Gasteiger partial charge on any atom is 0.278 e. The summed E-state index contributed by atoms with van der Waals surface area (Å²) in [4.78, 5) is 22.2. The second-order valence-electron chi connectivity index (χ2n) is 2.60. The van der Waals surface area contributed by atoms with Gasteiger partial charge in [-0.15, -0.1) is 0 Å². The van der Waals surface area contributed by atoms with Gasteiger partial charge in [0, 0.05) is 0 Å². The first-order valence-corrected chi connectivity index (χ1v) is 4.74. The number of alkyl halides is 1. The number of hydrazine groups is 1. The normalized spacial score (nSPS) is 11.2. The molecule has 6 N–H and O–H groups in total. The maximum absolute atomic E-state index is 11.3. The summed E-state index contributed by atoms with van der Waals surface area (Å²) in [6, 6.07) is 0. The third kappa shape index (κ3) is 3.03. The van der Waals surface area contributed by atoms with E-state index in [0.29, 0.717) is 5.01 Å². The van der Waals surface area contributed by atoms with E-state index in [1.807, 2.05) is 0 Å². The van der Waals surface area contributed by atoms with Crippen LogP contribution in [0.15, 0.2) is 0 Å². The minimum absolute atomic E-state index is 0.0466. The molecule has 0 saturated heterocycles. The Bertz CT molecular complexity index is 219. The highest BCUT2D eigenvalue weighted by atomic mass is 79.9. The lowest BCUT2D eigenvalue weighted by atomic mass is 10.1. The Morgan fingerprint density at radius 1 is 1.46 bits per heavy atom. The lowest BCUT2D eigenvalue weighted by Gasteiger charge is -2.25. The molecule has 0 saturated carbocycles. The Balaban J connectivity index is 4.52. The third-order valence-corrected chi connectivity index (χ3v) is 2.06. The minimum Gasteiger partial charge on any atom is -0.306 e. The maximum atomic E-state index is 11.3. The highest BCUT2D eigenvalue weighted by molar-refractivity contribution is 9.09. The van der Waals surface area contributed by atoms with Crippen molar-refractivity contribution in [3.63, 3.8) is 0 Å². The molecule has 0 aromatic rings. The highest BCUT2D eigenvalue weighted by Crippen LogP contribution is 2.02. The molecule has 0 rings (SSSR count). The molecule has 0 aliphatic carbocycles. The van der Waals surface area contributed by atoms with E-state index in [1.165, 1.54) is 0 Å². The topological polar surface area (TPSA) is 115 Å². The average molecular weight is 253 g/mol. The number of carbonyl (C=O) groups excluding carboxylic acids is 2. The molecule has 0 bridgehead atoms. The lowest BCUT2D eigenvalue weighted by Crippen LogP contribution is -2.64. The fourth-order valence-electron chi connectivity index (χ4n) is 0.553. The second-order valence-corrected chi connectivity index (χ2v) is 3.16. The lowest BCUT2D eigenvalue weighted by molar-refractivity contribution is -0.147. The van der Waals surface area contributed by atoms with Gasteiger partial charge in [0.05, 0.1) is 5.33 Å². The fourth-order valence-corrected chi connectivity index (χ4v) is 0.823. The van der Waals surface area contributed by atoms with Crippen LogP contribution < -0.4 is 17.3 Å². The van der Waals surface area contributed by atoms with Crippen molar-refractivity contribution in [2.75, 3.05) is 5.33 Å². The Hall–Kier alpha value is -0.500. The van der Waals surface area contributed by atoms with Crippen molar-refractivity contribution >= 4 is 27.7 Å². The molecule has 0 atom stereocenters. The smallest absolute Gasteiger partial charge is 0.278 e. The van der Waals surface area contributed by atoms with Crippen LogP contribution in [0.5, 0.6) is 0 Å². The molecule has 0 unspecified atom stereocenters. The Morgan fingerprint density at radius 3 is 2.23 bits per heavy atom. The molecule has 0 fully saturated rings. The summed E-state index contributed by atoms with van der Waals surface area (Å²) < 4.78 is 0. The van der Waals surface area contributed by atoms with Crippen LogP contribution in [0.4, 0.5) is 0 Å². The molecule has 7 heteroatoms. The van der Waals surface area contributed by atoms with Crippen LogP contribution >= 0.6 is 15.9 Å². The molecule has 6 nitrogen and oxygen atoms in total. The van der Waals surface area contributed by atoms with Crippen molar-refractivity contribution < 1.29 is 9.59 Å². The van der Waals surface area contributed by atoms with E-state index in [-0.39, 0.29) is 11.8 Å². The van der Waals surface area contributed by atoms with Gasteiger partial charge in [-0.3, -0.25) is 9.59 Å². The van der Waals surface area contributed by atoms with E-state index in [2.05, 4.69) is 15.9 Å². The van der Waals surface area contributed by atoms with Crippen LogP contribution in [0.25, 0.3) is 0 Å². The van der Waals surface area contributed by atoms with Gasteiger partial charge >= 0.3 is 0 Å². The Labute approximate surface area is 84.5 Å². The van der Waals surface area contributed by atoms with E-state index in [4.69, 9.17) is 17.3 Å². The third-order valence-electron chi connectivity index (χ3n) is 1.59. The number of halogens is 1. The van der Waals surface area contributed by atoms with Gasteiger partial charge in [-0.1, -0.05) is 22.9 Å². The molecule has 13 heavy (non-hydrogen) atoms. The fraction of sp³-hybridized carbons (Fsp3) is 0.667. The highest BCUT2D eigenvalue weighted by Gasteiger charge is 2.33. The number of nitrogens with two attached hydrogens (primary N) is 3. The van der Waals surface area contributed by atoms with Crippen LogP contribution in [0.2, 0.25) is 0 Å². The zero-order chi connectivity index (χ0) is 10.6. The quantitative estimate of drug-likeness (QED) is 0.189. The Morgan fingerprint density at radius 2 is 1.92 bits per heavy atom. The molecule has 2 amide bonds. The number of rotatable bonds is 3. The molecule has 0 spiro atoms. The summed E-state index contributed by atoms with van der Waals surface area (Å²) in [7, 11) is 0. The van der Waals surface area contributed by atoms with Gasteiger partial charge in [0.1, 0.15) is 5.66 Å². The van der Waals surface area contributed by atoms with Crippen molar-refractivity contribution in [1.29, 1.82) is 0 Å². The van der Waals surface area contributed by atoms with Gasteiger partial charge in [0.25, 0.3) is 11.8 Å². The van der Waals surface area contributed by atoms with Gasteiger partial charge in [-0.2, -0.15) is 0 Å². The molecule has 0 aromatic carbocycles.